The van der Waals surface area contributed by atoms with Crippen LogP contribution >= 0.6 is 0 Å². The number of amides is 2. The minimum atomic E-state index is -1.51. The molecule has 3 rings (SSSR count). The van der Waals surface area contributed by atoms with E-state index in [1.807, 2.05) is 0 Å². The van der Waals surface area contributed by atoms with Crippen molar-refractivity contribution in [2.24, 2.45) is 0 Å². The third-order valence-electron chi connectivity index (χ3n) is 4.20. The zero-order valence-electron chi connectivity index (χ0n) is 12.3. The van der Waals surface area contributed by atoms with E-state index >= 15 is 0 Å². The SMILES string of the molecule is COC1O[C@H](CO)C(O)C(O)[C@H]1N1C(=O)c2ccccc2C1=O. The molecular formula is C15H17NO7. The predicted octanol–water partition coefficient (Wildman–Crippen LogP) is -1.26. The summed E-state index contributed by atoms with van der Waals surface area (Å²) in [7, 11) is 1.29. The standard InChI is InChI=1S/C15H17NO7/c1-22-15-10(12(19)11(18)9(6-17)23-15)16-13(20)7-4-2-3-5-8(7)14(16)21/h2-5,9-12,15,17-19H,6H2,1H3/t9-,10-,11?,12?,15?/m1/s1. The number of fused-ring (bicyclic) bond motifs is 1. The van der Waals surface area contributed by atoms with Gasteiger partial charge in [-0.05, 0) is 12.1 Å². The number of ether oxygens (including phenoxy) is 2. The molecule has 124 valence electrons. The first-order valence-electron chi connectivity index (χ1n) is 7.13. The van der Waals surface area contributed by atoms with E-state index in [0.29, 0.717) is 0 Å². The van der Waals surface area contributed by atoms with Gasteiger partial charge in [-0.25, -0.2) is 0 Å². The minimum absolute atomic E-state index is 0.221. The molecule has 2 aliphatic rings. The number of benzene rings is 1. The van der Waals surface area contributed by atoms with Gasteiger partial charge in [0.25, 0.3) is 11.8 Å². The molecule has 23 heavy (non-hydrogen) atoms. The summed E-state index contributed by atoms with van der Waals surface area (Å²) in [5.41, 5.74) is 0.441. The van der Waals surface area contributed by atoms with E-state index in [9.17, 15) is 24.9 Å². The number of carbonyl (C=O) groups excluding carboxylic acids is 2. The second-order valence-corrected chi connectivity index (χ2v) is 5.46. The first-order valence-corrected chi connectivity index (χ1v) is 7.13. The lowest BCUT2D eigenvalue weighted by Crippen LogP contribution is -2.65. The molecule has 0 aromatic heterocycles. The van der Waals surface area contributed by atoms with Crippen LogP contribution in [0.2, 0.25) is 0 Å². The van der Waals surface area contributed by atoms with Crippen molar-refractivity contribution in [3.05, 3.63) is 35.4 Å². The van der Waals surface area contributed by atoms with E-state index in [4.69, 9.17) is 9.47 Å². The Morgan fingerprint density at radius 3 is 2.17 bits per heavy atom. The first-order chi connectivity index (χ1) is 11.0. The lowest BCUT2D eigenvalue weighted by molar-refractivity contribution is -0.272. The van der Waals surface area contributed by atoms with Crippen LogP contribution in [0.5, 0.6) is 0 Å². The number of carbonyl (C=O) groups is 2. The number of aliphatic hydroxyl groups excluding tert-OH is 3. The largest absolute Gasteiger partial charge is 0.394 e. The van der Waals surface area contributed by atoms with Crippen molar-refractivity contribution in [1.29, 1.82) is 0 Å². The van der Waals surface area contributed by atoms with Crippen LogP contribution < -0.4 is 0 Å². The van der Waals surface area contributed by atoms with Gasteiger partial charge in [-0.2, -0.15) is 0 Å². The first kappa shape index (κ1) is 16.0. The van der Waals surface area contributed by atoms with Crippen LogP contribution in [-0.4, -0.2) is 76.4 Å². The molecule has 1 aromatic rings. The summed E-state index contributed by atoms with van der Waals surface area (Å²) in [5, 5.41) is 29.6. The number of rotatable bonds is 3. The fourth-order valence-electron chi connectivity index (χ4n) is 3.02. The summed E-state index contributed by atoms with van der Waals surface area (Å²) in [6.07, 6.45) is -5.19. The second-order valence-electron chi connectivity index (χ2n) is 5.46. The van der Waals surface area contributed by atoms with Crippen molar-refractivity contribution in [1.82, 2.24) is 4.90 Å². The maximum atomic E-state index is 12.5. The van der Waals surface area contributed by atoms with Gasteiger partial charge in [0.2, 0.25) is 0 Å². The highest BCUT2D eigenvalue weighted by Gasteiger charge is 2.52. The molecule has 0 saturated carbocycles. The Kier molecular flexibility index (Phi) is 4.17. The summed E-state index contributed by atoms with van der Waals surface area (Å²) in [5.74, 6) is -1.18. The molecule has 3 unspecified atom stereocenters. The van der Waals surface area contributed by atoms with Gasteiger partial charge in [-0.3, -0.25) is 14.5 Å². The van der Waals surface area contributed by atoms with Crippen LogP contribution in [-0.2, 0) is 9.47 Å². The third-order valence-corrected chi connectivity index (χ3v) is 4.20. The zero-order chi connectivity index (χ0) is 16.7. The highest BCUT2D eigenvalue weighted by Crippen LogP contribution is 2.32. The van der Waals surface area contributed by atoms with Crippen LogP contribution in [0.25, 0.3) is 0 Å². The highest BCUT2D eigenvalue weighted by molar-refractivity contribution is 6.21. The molecule has 1 fully saturated rings. The monoisotopic (exact) mass is 323 g/mol. The molecule has 0 radical (unpaired) electrons. The van der Waals surface area contributed by atoms with Crippen molar-refractivity contribution >= 4 is 11.8 Å². The fraction of sp³-hybridized carbons (Fsp3) is 0.467. The van der Waals surface area contributed by atoms with Crippen molar-refractivity contribution < 1.29 is 34.4 Å². The Labute approximate surface area is 131 Å². The Bertz CT molecular complexity index is 597. The minimum Gasteiger partial charge on any atom is -0.394 e. The molecule has 1 aromatic carbocycles. The van der Waals surface area contributed by atoms with Crippen LogP contribution in [0.3, 0.4) is 0 Å². The molecule has 8 nitrogen and oxygen atoms in total. The van der Waals surface area contributed by atoms with Crippen molar-refractivity contribution in [3.8, 4) is 0 Å². The van der Waals surface area contributed by atoms with Gasteiger partial charge >= 0.3 is 0 Å². The summed E-state index contributed by atoms with van der Waals surface area (Å²) in [6, 6.07) is 5.07. The molecule has 2 amide bonds. The van der Waals surface area contributed by atoms with E-state index in [-0.39, 0.29) is 11.1 Å². The normalized spacial score (nSPS) is 33.9. The molecule has 5 atom stereocenters. The average Bonchev–Trinajstić information content (AvgIpc) is 2.82. The number of hydrogen-bond acceptors (Lipinski definition) is 7. The van der Waals surface area contributed by atoms with E-state index in [1.54, 1.807) is 12.1 Å². The molecule has 0 aliphatic carbocycles. The van der Waals surface area contributed by atoms with E-state index < -0.39 is 49.1 Å². The van der Waals surface area contributed by atoms with Crippen LogP contribution in [0.15, 0.2) is 24.3 Å². The summed E-state index contributed by atoms with van der Waals surface area (Å²) in [6.45, 7) is -0.535. The molecule has 3 N–H and O–H groups in total. The number of methoxy groups -OCH3 is 1. The Hall–Kier alpha value is -1.84. The van der Waals surface area contributed by atoms with Gasteiger partial charge in [-0.15, -0.1) is 0 Å². The smallest absolute Gasteiger partial charge is 0.262 e. The maximum Gasteiger partial charge on any atom is 0.262 e. The van der Waals surface area contributed by atoms with Gasteiger partial charge in [0.15, 0.2) is 6.29 Å². The second kappa shape index (κ2) is 5.99. The van der Waals surface area contributed by atoms with Gasteiger partial charge in [0.1, 0.15) is 24.4 Å². The fourth-order valence-corrected chi connectivity index (χ4v) is 3.02. The molecule has 0 bridgehead atoms. The molecule has 2 aliphatic heterocycles. The lowest BCUT2D eigenvalue weighted by atomic mass is 9.95. The number of imide groups is 1. The number of nitrogens with zero attached hydrogens (tertiary/aromatic N) is 1. The van der Waals surface area contributed by atoms with Crippen molar-refractivity contribution in [2.75, 3.05) is 13.7 Å². The van der Waals surface area contributed by atoms with Crippen molar-refractivity contribution in [3.63, 3.8) is 0 Å². The van der Waals surface area contributed by atoms with Gasteiger partial charge in [0.05, 0.1) is 17.7 Å². The molecule has 2 heterocycles. The molecular weight excluding hydrogens is 306 g/mol. The van der Waals surface area contributed by atoms with Crippen LogP contribution in [0.4, 0.5) is 0 Å². The predicted molar refractivity (Wildman–Crippen MR) is 75.5 cm³/mol. The Balaban J connectivity index is 1.97. The quantitative estimate of drug-likeness (QED) is 0.594. The molecule has 8 heteroatoms. The Morgan fingerprint density at radius 1 is 1.13 bits per heavy atom. The zero-order valence-corrected chi connectivity index (χ0v) is 12.3. The Morgan fingerprint density at radius 2 is 1.70 bits per heavy atom. The molecule has 0 spiro atoms. The average molecular weight is 323 g/mol. The number of aliphatic hydroxyl groups is 3. The third kappa shape index (κ3) is 2.35. The summed E-state index contributed by atoms with van der Waals surface area (Å²) < 4.78 is 10.5. The van der Waals surface area contributed by atoms with Gasteiger partial charge in [-0.1, -0.05) is 12.1 Å². The van der Waals surface area contributed by atoms with Gasteiger partial charge in [0, 0.05) is 7.11 Å². The van der Waals surface area contributed by atoms with E-state index in [1.165, 1.54) is 19.2 Å². The summed E-state index contributed by atoms with van der Waals surface area (Å²) in [4.78, 5) is 25.9. The highest BCUT2D eigenvalue weighted by atomic mass is 16.7. The summed E-state index contributed by atoms with van der Waals surface area (Å²) >= 11 is 0. The number of hydrogen-bond donors (Lipinski definition) is 3. The maximum absolute atomic E-state index is 12.5. The van der Waals surface area contributed by atoms with Crippen molar-refractivity contribution in [2.45, 2.75) is 30.6 Å². The van der Waals surface area contributed by atoms with Crippen LogP contribution in [0.1, 0.15) is 20.7 Å². The topological polar surface area (TPSA) is 117 Å². The van der Waals surface area contributed by atoms with E-state index in [2.05, 4.69) is 0 Å². The van der Waals surface area contributed by atoms with Gasteiger partial charge < -0.3 is 24.8 Å². The lowest BCUT2D eigenvalue weighted by Gasteiger charge is -2.44. The van der Waals surface area contributed by atoms with E-state index in [0.717, 1.165) is 4.90 Å². The molecule has 1 saturated heterocycles. The van der Waals surface area contributed by atoms with Crippen LogP contribution in [0, 0.1) is 0 Å².